The second-order valence-corrected chi connectivity index (χ2v) is 21.4. The first-order chi connectivity index (χ1) is 37.2. The van der Waals surface area contributed by atoms with E-state index in [-0.39, 0.29) is 6.71 Å². The molecule has 2 saturated carbocycles. The van der Waals surface area contributed by atoms with Crippen LogP contribution in [0.15, 0.2) is 225 Å². The van der Waals surface area contributed by atoms with Gasteiger partial charge in [0.2, 0.25) is 0 Å². The number of fused-ring (bicyclic) bond motifs is 4. The van der Waals surface area contributed by atoms with Gasteiger partial charge in [0.25, 0.3) is 6.71 Å². The van der Waals surface area contributed by atoms with Crippen molar-refractivity contribution in [2.24, 2.45) is 0 Å². The highest BCUT2D eigenvalue weighted by molar-refractivity contribution is 7.00. The lowest BCUT2D eigenvalue weighted by molar-refractivity contribution is 0.444. The summed E-state index contributed by atoms with van der Waals surface area (Å²) in [6.45, 7) is -0.0178. The van der Waals surface area contributed by atoms with E-state index >= 15 is 0 Å². The molecule has 3 heterocycles. The highest BCUT2D eigenvalue weighted by atomic mass is 15.2. The van der Waals surface area contributed by atoms with Gasteiger partial charge in [-0.05, 0) is 176 Å². The van der Waals surface area contributed by atoms with Crippen LogP contribution < -0.4 is 26.2 Å². The predicted octanol–water partition coefficient (Wildman–Crippen LogP) is 17.0. The van der Waals surface area contributed by atoms with E-state index in [0.717, 1.165) is 22.6 Å². The third-order valence-electron chi connectivity index (χ3n) is 16.9. The minimum atomic E-state index is -0.0178. The maximum atomic E-state index is 4.99. The molecule has 2 fully saturated rings. The van der Waals surface area contributed by atoms with Gasteiger partial charge in [-0.2, -0.15) is 0 Å². The van der Waals surface area contributed by atoms with Crippen LogP contribution in [0.1, 0.15) is 87.2 Å². The zero-order valence-electron chi connectivity index (χ0n) is 42.5. The van der Waals surface area contributed by atoms with Gasteiger partial charge in [0, 0.05) is 45.9 Å². The highest BCUT2D eigenvalue weighted by Crippen LogP contribution is 2.49. The number of rotatable bonds is 9. The lowest BCUT2D eigenvalue weighted by Gasteiger charge is -2.45. The van der Waals surface area contributed by atoms with Crippen LogP contribution in [0.4, 0.5) is 34.1 Å². The van der Waals surface area contributed by atoms with E-state index in [0.29, 0.717) is 11.8 Å². The molecule has 362 valence electrons. The molecule has 0 amide bonds. The average molecular weight is 967 g/mol. The third kappa shape index (κ3) is 8.45. The first kappa shape index (κ1) is 45.3. The maximum Gasteiger partial charge on any atom is 0.252 e. The van der Waals surface area contributed by atoms with E-state index in [2.05, 4.69) is 227 Å². The second-order valence-electron chi connectivity index (χ2n) is 21.4. The molecule has 5 heteroatoms. The Kier molecular flexibility index (Phi) is 11.8. The molecule has 0 atom stereocenters. The van der Waals surface area contributed by atoms with Crippen molar-refractivity contribution in [2.45, 2.75) is 76.0 Å². The van der Waals surface area contributed by atoms with Gasteiger partial charge in [-0.25, -0.2) is 9.97 Å². The molecule has 2 aliphatic heterocycles. The smallest absolute Gasteiger partial charge is 0.252 e. The minimum Gasteiger partial charge on any atom is -0.311 e. The van der Waals surface area contributed by atoms with E-state index in [1.165, 1.54) is 159 Å². The molecule has 4 aliphatic rings. The van der Waals surface area contributed by atoms with Crippen LogP contribution in [0.25, 0.3) is 55.8 Å². The summed E-state index contributed by atoms with van der Waals surface area (Å²) < 4.78 is 0. The molecule has 0 bridgehead atoms. The lowest BCUT2D eigenvalue weighted by atomic mass is 9.33. The van der Waals surface area contributed by atoms with Gasteiger partial charge in [0.15, 0.2) is 0 Å². The fourth-order valence-corrected chi connectivity index (χ4v) is 13.3. The zero-order valence-corrected chi connectivity index (χ0v) is 42.5. The highest BCUT2D eigenvalue weighted by Gasteiger charge is 2.45. The molecule has 0 radical (unpaired) electrons. The predicted molar refractivity (Wildman–Crippen MR) is 315 cm³/mol. The SMILES string of the molecule is c1ccc(-c2cc(-c3ccccc3)cc(N3c4ccc(C5CCCCC5)cc4B4c5cc(C6CCCCC6)ccc5N(c5cc(-c6ccccc6)cc(-c6ccccc6)c5)c5cc(-c6ccncn6)cc3c54)c2)cc1. The van der Waals surface area contributed by atoms with Crippen LogP contribution >= 0.6 is 0 Å². The number of anilines is 6. The molecule has 0 spiro atoms. The Bertz CT molecular complexity index is 3350. The summed E-state index contributed by atoms with van der Waals surface area (Å²) in [5.41, 5.74) is 25.6. The van der Waals surface area contributed by atoms with Gasteiger partial charge in [-0.15, -0.1) is 0 Å². The largest absolute Gasteiger partial charge is 0.311 e. The second kappa shape index (κ2) is 19.5. The van der Waals surface area contributed by atoms with Crippen molar-refractivity contribution in [3.05, 3.63) is 236 Å². The Morgan fingerprint density at radius 2 is 0.747 bits per heavy atom. The van der Waals surface area contributed by atoms with Crippen molar-refractivity contribution in [2.75, 3.05) is 9.80 Å². The summed E-state index contributed by atoms with van der Waals surface area (Å²) in [6.07, 6.45) is 16.4. The molecular formula is C70H59BN4. The molecule has 0 N–H and O–H groups in total. The first-order valence-corrected chi connectivity index (χ1v) is 27.5. The summed E-state index contributed by atoms with van der Waals surface area (Å²) in [5, 5.41) is 0. The van der Waals surface area contributed by atoms with Gasteiger partial charge in [-0.3, -0.25) is 0 Å². The van der Waals surface area contributed by atoms with Gasteiger partial charge in [-0.1, -0.05) is 184 Å². The van der Waals surface area contributed by atoms with Crippen LogP contribution in [-0.4, -0.2) is 16.7 Å². The van der Waals surface area contributed by atoms with Crippen molar-refractivity contribution in [3.8, 4) is 55.8 Å². The quantitative estimate of drug-likeness (QED) is 0.135. The van der Waals surface area contributed by atoms with Crippen LogP contribution in [0, 0.1) is 0 Å². The number of nitrogens with zero attached hydrogens (tertiary/aromatic N) is 4. The maximum absolute atomic E-state index is 4.99. The molecule has 9 aromatic carbocycles. The van der Waals surface area contributed by atoms with E-state index in [1.807, 2.05) is 6.20 Å². The van der Waals surface area contributed by atoms with E-state index < -0.39 is 0 Å². The van der Waals surface area contributed by atoms with Gasteiger partial charge < -0.3 is 9.80 Å². The Hall–Kier alpha value is -8.28. The number of hydrogen-bond acceptors (Lipinski definition) is 4. The topological polar surface area (TPSA) is 32.3 Å². The van der Waals surface area contributed by atoms with E-state index in [9.17, 15) is 0 Å². The summed E-state index contributed by atoms with van der Waals surface area (Å²) in [7, 11) is 0. The average Bonchev–Trinajstić information content (AvgIpc) is 3.51. The van der Waals surface area contributed by atoms with Crippen molar-refractivity contribution in [1.29, 1.82) is 0 Å². The molecule has 14 rings (SSSR count). The summed E-state index contributed by atoms with van der Waals surface area (Å²) in [6, 6.07) is 80.3. The van der Waals surface area contributed by atoms with E-state index in [4.69, 9.17) is 4.98 Å². The zero-order chi connectivity index (χ0) is 49.7. The molecule has 10 aromatic rings. The first-order valence-electron chi connectivity index (χ1n) is 27.5. The van der Waals surface area contributed by atoms with Crippen LogP contribution in [0.2, 0.25) is 0 Å². The fraction of sp³-hybridized carbons (Fsp3) is 0.171. The molecule has 2 aliphatic carbocycles. The van der Waals surface area contributed by atoms with E-state index in [1.54, 1.807) is 6.33 Å². The van der Waals surface area contributed by atoms with Crippen LogP contribution in [-0.2, 0) is 0 Å². The molecule has 1 aromatic heterocycles. The molecular weight excluding hydrogens is 908 g/mol. The Labute approximate surface area is 442 Å². The normalized spacial score (nSPS) is 15.3. The number of aromatic nitrogens is 2. The molecule has 0 saturated heterocycles. The molecule has 4 nitrogen and oxygen atoms in total. The van der Waals surface area contributed by atoms with Crippen LogP contribution in [0.3, 0.4) is 0 Å². The Morgan fingerprint density at radius 3 is 1.12 bits per heavy atom. The molecule has 75 heavy (non-hydrogen) atoms. The van der Waals surface area contributed by atoms with Gasteiger partial charge in [0.05, 0.1) is 5.69 Å². The van der Waals surface area contributed by atoms with Crippen molar-refractivity contribution >= 4 is 57.2 Å². The standard InChI is InChI=1S/C70H59BN4/c1-7-19-48(20-8-1)54-31-33-66-63(43-54)71-64-44-55(49-21-9-2-10-22-49)32-34-67(64)75(62-41-58(52-27-15-5-16-28-52)38-59(42-62)53-29-17-6-18-30-53)69-46-60(65-35-36-72-47-73-65)45-68(70(69)71)74(66)61-39-56(50-23-11-3-12-24-50)37-57(40-61)51-25-13-4-14-26-51/h3-6,11-18,23-49H,1-2,7-10,19-22H2. The molecule has 0 unspecified atom stereocenters. The summed E-state index contributed by atoms with van der Waals surface area (Å²) in [4.78, 5) is 14.6. The monoisotopic (exact) mass is 966 g/mol. The minimum absolute atomic E-state index is 0.0178. The third-order valence-corrected chi connectivity index (χ3v) is 16.9. The van der Waals surface area contributed by atoms with Crippen molar-refractivity contribution in [3.63, 3.8) is 0 Å². The number of benzene rings is 9. The van der Waals surface area contributed by atoms with Crippen molar-refractivity contribution in [1.82, 2.24) is 9.97 Å². The number of hydrogen-bond donors (Lipinski definition) is 0. The summed E-state index contributed by atoms with van der Waals surface area (Å²) in [5.74, 6) is 1.10. The lowest BCUT2D eigenvalue weighted by Crippen LogP contribution is -2.61. The Balaban J connectivity index is 1.09. The Morgan fingerprint density at radius 1 is 0.347 bits per heavy atom. The fourth-order valence-electron chi connectivity index (χ4n) is 13.3. The van der Waals surface area contributed by atoms with Crippen LogP contribution in [0.5, 0.6) is 0 Å². The van der Waals surface area contributed by atoms with Gasteiger partial charge in [0.1, 0.15) is 6.33 Å². The van der Waals surface area contributed by atoms with Crippen molar-refractivity contribution < 1.29 is 0 Å². The summed E-state index contributed by atoms with van der Waals surface area (Å²) >= 11 is 0. The van der Waals surface area contributed by atoms with Gasteiger partial charge >= 0.3 is 0 Å².